The average Bonchev–Trinajstić information content (AvgIpc) is 3.31. The quantitative estimate of drug-likeness (QED) is 0.429. The molecule has 0 heterocycles. The number of rotatable bonds is 2. The first-order valence-electron chi connectivity index (χ1n) is 10.4. The highest BCUT2D eigenvalue weighted by Crippen LogP contribution is 2.77. The molecule has 0 amide bonds. The normalized spacial score (nSPS) is 61.2. The van der Waals surface area contributed by atoms with Gasteiger partial charge in [-0.05, 0) is 104 Å². The van der Waals surface area contributed by atoms with Crippen LogP contribution in [0.2, 0.25) is 0 Å². The van der Waals surface area contributed by atoms with Crippen molar-refractivity contribution < 1.29 is 9.53 Å². The summed E-state index contributed by atoms with van der Waals surface area (Å²) in [5.74, 6) is 10.5. The molecule has 0 aromatic carbocycles. The fraction of sp³-hybridized carbons (Fsp3) is 0.864. The Morgan fingerprint density at radius 3 is 2.17 bits per heavy atom. The molecule has 0 aromatic rings. The maximum absolute atomic E-state index is 12.0. The number of carbonyl (C=O) groups excluding carboxylic acids is 1. The van der Waals surface area contributed by atoms with Crippen LogP contribution in [0.5, 0.6) is 0 Å². The van der Waals surface area contributed by atoms with E-state index in [-0.39, 0.29) is 12.1 Å². The minimum atomic E-state index is -0.154. The lowest BCUT2D eigenvalue weighted by atomic mass is 9.58. The first-order valence-corrected chi connectivity index (χ1v) is 10.4. The van der Waals surface area contributed by atoms with Crippen LogP contribution in [0.1, 0.15) is 46.0 Å². The summed E-state index contributed by atoms with van der Waals surface area (Å²) >= 11 is 0. The zero-order chi connectivity index (χ0) is 16.3. The summed E-state index contributed by atoms with van der Waals surface area (Å²) in [6.07, 6.45) is 7.28. The van der Waals surface area contributed by atoms with Crippen molar-refractivity contribution in [3.8, 4) is 0 Å². The van der Waals surface area contributed by atoms with Gasteiger partial charge in [0, 0.05) is 5.57 Å². The number of esters is 1. The largest absolute Gasteiger partial charge is 0.459 e. The summed E-state index contributed by atoms with van der Waals surface area (Å²) in [6, 6.07) is 0. The zero-order valence-electron chi connectivity index (χ0n) is 15.0. The lowest BCUT2D eigenvalue weighted by molar-refractivity contribution is -0.150. The summed E-state index contributed by atoms with van der Waals surface area (Å²) in [5, 5.41) is 0. The fourth-order valence-corrected chi connectivity index (χ4v) is 9.48. The number of hydrogen-bond donors (Lipinski definition) is 0. The standard InChI is InChI=1S/C22H30O2/c1-9(2)22(23)24-17-7-12-6-14(17)21-16-8-15(19(12)21)20-13-5-11(18(16)20)4-10(13)3/h10-21H,1,4-8H2,2-3H3/t10?,11?,12?,13?,14?,15?,16?,17?,18?,19?,20-,21?/m0/s1. The summed E-state index contributed by atoms with van der Waals surface area (Å²) < 4.78 is 5.87. The molecule has 0 radical (unpaired) electrons. The van der Waals surface area contributed by atoms with Gasteiger partial charge in [0.2, 0.25) is 0 Å². The number of fused-ring (bicyclic) bond motifs is 16. The third kappa shape index (κ3) is 1.53. The Kier molecular flexibility index (Phi) is 2.69. The van der Waals surface area contributed by atoms with Crippen LogP contribution in [0.4, 0.5) is 0 Å². The molecule has 0 spiro atoms. The molecule has 0 N–H and O–H groups in total. The Balaban J connectivity index is 1.28. The molecule has 0 saturated heterocycles. The maximum atomic E-state index is 12.0. The first kappa shape index (κ1) is 14.4. The monoisotopic (exact) mass is 326 g/mol. The van der Waals surface area contributed by atoms with Crippen molar-refractivity contribution in [2.24, 2.45) is 65.1 Å². The van der Waals surface area contributed by atoms with Gasteiger partial charge in [-0.2, -0.15) is 0 Å². The van der Waals surface area contributed by atoms with E-state index in [9.17, 15) is 4.79 Å². The Morgan fingerprint density at radius 1 is 0.833 bits per heavy atom. The number of hydrogen-bond acceptors (Lipinski definition) is 2. The molecule has 24 heavy (non-hydrogen) atoms. The van der Waals surface area contributed by atoms with E-state index in [0.717, 1.165) is 65.6 Å². The van der Waals surface area contributed by atoms with Gasteiger partial charge in [-0.1, -0.05) is 13.5 Å². The third-order valence-corrected chi connectivity index (χ3v) is 9.66. The van der Waals surface area contributed by atoms with E-state index in [2.05, 4.69) is 13.5 Å². The van der Waals surface area contributed by atoms with Crippen LogP contribution in [0, 0.1) is 65.1 Å². The minimum Gasteiger partial charge on any atom is -0.459 e. The third-order valence-electron chi connectivity index (χ3n) is 9.66. The molecule has 6 saturated carbocycles. The molecule has 130 valence electrons. The highest BCUT2D eigenvalue weighted by molar-refractivity contribution is 5.87. The molecule has 2 heteroatoms. The van der Waals surface area contributed by atoms with Gasteiger partial charge in [-0.15, -0.1) is 0 Å². The van der Waals surface area contributed by atoms with Crippen molar-refractivity contribution in [3.05, 3.63) is 12.2 Å². The predicted molar refractivity (Wildman–Crippen MR) is 91.8 cm³/mol. The number of carbonyl (C=O) groups is 1. The minimum absolute atomic E-state index is 0.154. The molecule has 6 aliphatic rings. The molecule has 11 unspecified atom stereocenters. The highest BCUT2D eigenvalue weighted by atomic mass is 16.5. The second-order valence-electron chi connectivity index (χ2n) is 10.4. The van der Waals surface area contributed by atoms with Crippen LogP contribution in [-0.2, 0) is 9.53 Å². The first-order chi connectivity index (χ1) is 11.5. The van der Waals surface area contributed by atoms with E-state index in [4.69, 9.17) is 4.74 Å². The molecule has 6 bridgehead atoms. The van der Waals surface area contributed by atoms with Crippen molar-refractivity contribution in [1.29, 1.82) is 0 Å². The van der Waals surface area contributed by atoms with Crippen molar-refractivity contribution in [2.75, 3.05) is 0 Å². The van der Waals surface area contributed by atoms with Crippen LogP contribution in [-0.4, -0.2) is 12.1 Å². The molecule has 6 fully saturated rings. The van der Waals surface area contributed by atoms with Crippen LogP contribution >= 0.6 is 0 Å². The van der Waals surface area contributed by atoms with Crippen molar-refractivity contribution in [1.82, 2.24) is 0 Å². The second kappa shape index (κ2) is 4.48. The average molecular weight is 326 g/mol. The van der Waals surface area contributed by atoms with Crippen LogP contribution in [0.15, 0.2) is 12.2 Å². The van der Waals surface area contributed by atoms with Gasteiger partial charge in [0.25, 0.3) is 0 Å². The topological polar surface area (TPSA) is 26.3 Å². The van der Waals surface area contributed by atoms with Gasteiger partial charge in [0.15, 0.2) is 0 Å². The van der Waals surface area contributed by atoms with Gasteiger partial charge >= 0.3 is 5.97 Å². The summed E-state index contributed by atoms with van der Waals surface area (Å²) in [7, 11) is 0. The summed E-state index contributed by atoms with van der Waals surface area (Å²) in [5.41, 5.74) is 0.560. The lowest BCUT2D eigenvalue weighted by Crippen LogP contribution is -2.45. The van der Waals surface area contributed by atoms with Gasteiger partial charge in [-0.3, -0.25) is 0 Å². The molecule has 6 aliphatic carbocycles. The van der Waals surface area contributed by atoms with Crippen LogP contribution in [0.25, 0.3) is 0 Å². The van der Waals surface area contributed by atoms with E-state index < -0.39 is 0 Å². The molecule has 12 atom stereocenters. The molecular formula is C22H30O2. The second-order valence-corrected chi connectivity index (χ2v) is 10.4. The van der Waals surface area contributed by atoms with Gasteiger partial charge in [-0.25, -0.2) is 4.79 Å². The summed E-state index contributed by atoms with van der Waals surface area (Å²) in [6.45, 7) is 8.07. The highest BCUT2D eigenvalue weighted by Gasteiger charge is 2.72. The molecular weight excluding hydrogens is 296 g/mol. The fourth-order valence-electron chi connectivity index (χ4n) is 9.48. The smallest absolute Gasteiger partial charge is 0.333 e. The van der Waals surface area contributed by atoms with Crippen molar-refractivity contribution in [3.63, 3.8) is 0 Å². The van der Waals surface area contributed by atoms with Crippen molar-refractivity contribution >= 4 is 5.97 Å². The molecule has 0 aliphatic heterocycles. The molecule has 2 nitrogen and oxygen atoms in total. The van der Waals surface area contributed by atoms with E-state index >= 15 is 0 Å². The van der Waals surface area contributed by atoms with Gasteiger partial charge in [0.05, 0.1) is 0 Å². The maximum Gasteiger partial charge on any atom is 0.333 e. The Bertz CT molecular complexity index is 623. The Labute approximate surface area is 145 Å². The Hall–Kier alpha value is -0.790. The van der Waals surface area contributed by atoms with Crippen molar-refractivity contribution in [2.45, 2.75) is 52.1 Å². The lowest BCUT2D eigenvalue weighted by Gasteiger charge is -2.47. The van der Waals surface area contributed by atoms with E-state index in [0.29, 0.717) is 11.5 Å². The molecule has 0 aromatic heterocycles. The van der Waals surface area contributed by atoms with Gasteiger partial charge < -0.3 is 4.74 Å². The van der Waals surface area contributed by atoms with Crippen LogP contribution in [0.3, 0.4) is 0 Å². The molecule has 6 rings (SSSR count). The SMILES string of the molecule is C=C(C)C(=O)OC1CC2CC1C1C3CC(C21)[C@@H]1C2CC(CC2C)C31. The zero-order valence-corrected chi connectivity index (χ0v) is 15.0. The van der Waals surface area contributed by atoms with E-state index in [1.165, 1.54) is 19.3 Å². The summed E-state index contributed by atoms with van der Waals surface area (Å²) in [4.78, 5) is 12.0. The predicted octanol–water partition coefficient (Wildman–Crippen LogP) is 4.30. The van der Waals surface area contributed by atoms with Crippen LogP contribution < -0.4 is 0 Å². The van der Waals surface area contributed by atoms with E-state index in [1.807, 2.05) is 0 Å². The van der Waals surface area contributed by atoms with E-state index in [1.54, 1.807) is 13.3 Å². The van der Waals surface area contributed by atoms with Gasteiger partial charge in [0.1, 0.15) is 6.10 Å². The Morgan fingerprint density at radius 2 is 1.46 bits per heavy atom. The number of ether oxygens (including phenoxy) is 1.